The van der Waals surface area contributed by atoms with E-state index in [9.17, 15) is 0 Å². The van der Waals surface area contributed by atoms with Crippen LogP contribution in [-0.4, -0.2) is 9.97 Å². The zero-order chi connectivity index (χ0) is 9.14. The first kappa shape index (κ1) is 9.75. The minimum Gasteiger partial charge on any atom is -0.236 e. The maximum Gasteiger partial charge on any atom is 0.145 e. The summed E-state index contributed by atoms with van der Waals surface area (Å²) in [6.07, 6.45) is 0.859. The van der Waals surface area contributed by atoms with Gasteiger partial charge in [-0.2, -0.15) is 0 Å². The monoisotopic (exact) mass is 204 g/mol. The van der Waals surface area contributed by atoms with Gasteiger partial charge in [0.25, 0.3) is 0 Å². The van der Waals surface area contributed by atoms with Crippen molar-refractivity contribution in [3.63, 3.8) is 0 Å². The molecule has 4 heteroatoms. The fraction of sp³-hybridized carbons (Fsp3) is 0.500. The third-order valence-corrected chi connectivity index (χ3v) is 2.29. The Labute approximate surface area is 81.9 Å². The molecule has 0 fully saturated rings. The average Bonchev–Trinajstić information content (AvgIpc) is 2.09. The second-order valence-corrected chi connectivity index (χ2v) is 3.11. The molecule has 0 saturated carbocycles. The molecular formula is C8H10Cl2N2. The van der Waals surface area contributed by atoms with E-state index in [-0.39, 0.29) is 0 Å². The summed E-state index contributed by atoms with van der Waals surface area (Å²) in [6, 6.07) is 0. The molecule has 0 bridgehead atoms. The number of aromatic nitrogens is 2. The van der Waals surface area contributed by atoms with E-state index >= 15 is 0 Å². The maximum atomic E-state index is 5.87. The van der Waals surface area contributed by atoms with Gasteiger partial charge in [0.15, 0.2) is 0 Å². The SMILES string of the molecule is CCc1nc(CCl)nc(Cl)c1C. The molecule has 0 aromatic carbocycles. The van der Waals surface area contributed by atoms with Gasteiger partial charge in [-0.25, -0.2) is 9.97 Å². The first-order chi connectivity index (χ1) is 5.69. The molecule has 0 aliphatic heterocycles. The van der Waals surface area contributed by atoms with Crippen LogP contribution in [0.4, 0.5) is 0 Å². The fourth-order valence-corrected chi connectivity index (χ4v) is 1.31. The summed E-state index contributed by atoms with van der Waals surface area (Å²) in [5.74, 6) is 0.914. The summed E-state index contributed by atoms with van der Waals surface area (Å²) in [5, 5.41) is 0.512. The minimum atomic E-state index is 0.313. The number of hydrogen-bond donors (Lipinski definition) is 0. The number of hydrogen-bond acceptors (Lipinski definition) is 2. The van der Waals surface area contributed by atoms with Gasteiger partial charge in [0.05, 0.1) is 5.88 Å². The molecule has 1 heterocycles. The quantitative estimate of drug-likeness (QED) is 0.548. The molecule has 0 aliphatic carbocycles. The van der Waals surface area contributed by atoms with Crippen molar-refractivity contribution >= 4 is 23.2 Å². The summed E-state index contributed by atoms with van der Waals surface area (Å²) in [7, 11) is 0. The van der Waals surface area contributed by atoms with Gasteiger partial charge in [-0.15, -0.1) is 11.6 Å². The van der Waals surface area contributed by atoms with Crippen LogP contribution in [0.15, 0.2) is 0 Å². The van der Waals surface area contributed by atoms with Crippen LogP contribution in [0.3, 0.4) is 0 Å². The van der Waals surface area contributed by atoms with Crippen LogP contribution in [0.5, 0.6) is 0 Å². The molecule has 1 aromatic rings. The summed E-state index contributed by atoms with van der Waals surface area (Å²) in [4.78, 5) is 8.26. The molecular weight excluding hydrogens is 195 g/mol. The van der Waals surface area contributed by atoms with Crippen LogP contribution in [0, 0.1) is 6.92 Å². The Balaban J connectivity index is 3.19. The Kier molecular flexibility index (Phi) is 3.29. The van der Waals surface area contributed by atoms with Gasteiger partial charge in [0, 0.05) is 11.3 Å². The van der Waals surface area contributed by atoms with Crippen molar-refractivity contribution in [2.24, 2.45) is 0 Å². The molecule has 2 nitrogen and oxygen atoms in total. The van der Waals surface area contributed by atoms with E-state index in [1.165, 1.54) is 0 Å². The van der Waals surface area contributed by atoms with Crippen molar-refractivity contribution in [3.8, 4) is 0 Å². The summed E-state index contributed by atoms with van der Waals surface area (Å²) in [5.41, 5.74) is 1.93. The number of rotatable bonds is 2. The Hall–Kier alpha value is -0.340. The molecule has 1 aromatic heterocycles. The lowest BCUT2D eigenvalue weighted by Crippen LogP contribution is -2.00. The Morgan fingerprint density at radius 3 is 2.50 bits per heavy atom. The molecule has 0 N–H and O–H groups in total. The van der Waals surface area contributed by atoms with Crippen molar-refractivity contribution in [2.45, 2.75) is 26.1 Å². The molecule has 0 amide bonds. The smallest absolute Gasteiger partial charge is 0.145 e. The van der Waals surface area contributed by atoms with E-state index < -0.39 is 0 Å². The van der Waals surface area contributed by atoms with Crippen LogP contribution in [0.25, 0.3) is 0 Å². The topological polar surface area (TPSA) is 25.8 Å². The number of nitrogens with zero attached hydrogens (tertiary/aromatic N) is 2. The first-order valence-electron chi connectivity index (χ1n) is 3.76. The Morgan fingerprint density at radius 1 is 1.33 bits per heavy atom. The van der Waals surface area contributed by atoms with Gasteiger partial charge in [-0.05, 0) is 13.3 Å². The second kappa shape index (κ2) is 4.06. The third kappa shape index (κ3) is 1.87. The highest BCUT2D eigenvalue weighted by Crippen LogP contribution is 2.16. The second-order valence-electron chi connectivity index (χ2n) is 2.49. The molecule has 12 heavy (non-hydrogen) atoms. The van der Waals surface area contributed by atoms with E-state index in [4.69, 9.17) is 23.2 Å². The molecule has 0 unspecified atom stereocenters. The zero-order valence-corrected chi connectivity index (χ0v) is 8.58. The van der Waals surface area contributed by atoms with Crippen molar-refractivity contribution < 1.29 is 0 Å². The Bertz CT molecular complexity index is 287. The predicted molar refractivity (Wildman–Crippen MR) is 50.7 cm³/mol. The van der Waals surface area contributed by atoms with Gasteiger partial charge >= 0.3 is 0 Å². The van der Waals surface area contributed by atoms with Crippen LogP contribution >= 0.6 is 23.2 Å². The van der Waals surface area contributed by atoms with Crippen LogP contribution in [0.1, 0.15) is 24.0 Å². The van der Waals surface area contributed by atoms with Gasteiger partial charge in [-0.3, -0.25) is 0 Å². The third-order valence-electron chi connectivity index (χ3n) is 1.69. The standard InChI is InChI=1S/C8H10Cl2N2/c1-3-6-5(2)8(10)12-7(4-9)11-6/h3-4H2,1-2H3. The Morgan fingerprint density at radius 2 is 2.00 bits per heavy atom. The van der Waals surface area contributed by atoms with Gasteiger partial charge in [-0.1, -0.05) is 18.5 Å². The summed E-state index contributed by atoms with van der Waals surface area (Å²) >= 11 is 11.5. The summed E-state index contributed by atoms with van der Waals surface area (Å²) in [6.45, 7) is 3.95. The summed E-state index contributed by atoms with van der Waals surface area (Å²) < 4.78 is 0. The van der Waals surface area contributed by atoms with Gasteiger partial charge < -0.3 is 0 Å². The van der Waals surface area contributed by atoms with Gasteiger partial charge in [0.1, 0.15) is 11.0 Å². The minimum absolute atomic E-state index is 0.313. The number of alkyl halides is 1. The van der Waals surface area contributed by atoms with E-state index in [2.05, 4.69) is 9.97 Å². The predicted octanol–water partition coefficient (Wildman–Crippen LogP) is 2.74. The number of aryl methyl sites for hydroxylation is 1. The first-order valence-corrected chi connectivity index (χ1v) is 4.68. The van der Waals surface area contributed by atoms with E-state index in [0.717, 1.165) is 17.7 Å². The van der Waals surface area contributed by atoms with E-state index in [1.807, 2.05) is 13.8 Å². The van der Waals surface area contributed by atoms with Crippen molar-refractivity contribution in [1.82, 2.24) is 9.97 Å². The largest absolute Gasteiger partial charge is 0.236 e. The molecule has 0 atom stereocenters. The highest BCUT2D eigenvalue weighted by atomic mass is 35.5. The van der Waals surface area contributed by atoms with Crippen LogP contribution in [0.2, 0.25) is 5.15 Å². The lowest BCUT2D eigenvalue weighted by molar-refractivity contribution is 0.916. The average molecular weight is 205 g/mol. The molecule has 0 aliphatic rings. The molecule has 66 valence electrons. The normalized spacial score (nSPS) is 10.3. The number of halogens is 2. The zero-order valence-electron chi connectivity index (χ0n) is 7.06. The van der Waals surface area contributed by atoms with Crippen molar-refractivity contribution in [1.29, 1.82) is 0 Å². The van der Waals surface area contributed by atoms with E-state index in [0.29, 0.717) is 16.9 Å². The van der Waals surface area contributed by atoms with Crippen molar-refractivity contribution in [3.05, 3.63) is 22.2 Å². The molecule has 0 radical (unpaired) electrons. The highest BCUT2D eigenvalue weighted by molar-refractivity contribution is 6.30. The molecule has 0 spiro atoms. The fourth-order valence-electron chi connectivity index (χ4n) is 0.985. The van der Waals surface area contributed by atoms with Crippen molar-refractivity contribution in [2.75, 3.05) is 0 Å². The van der Waals surface area contributed by atoms with Crippen LogP contribution in [-0.2, 0) is 12.3 Å². The molecule has 0 saturated heterocycles. The maximum absolute atomic E-state index is 5.87. The lowest BCUT2D eigenvalue weighted by Gasteiger charge is -2.04. The van der Waals surface area contributed by atoms with E-state index in [1.54, 1.807) is 0 Å². The lowest BCUT2D eigenvalue weighted by atomic mass is 10.2. The molecule has 1 rings (SSSR count). The van der Waals surface area contributed by atoms with Crippen LogP contribution < -0.4 is 0 Å². The van der Waals surface area contributed by atoms with Gasteiger partial charge in [0.2, 0.25) is 0 Å². The highest BCUT2D eigenvalue weighted by Gasteiger charge is 2.06.